The highest BCUT2D eigenvalue weighted by Gasteiger charge is 2.47. The predicted octanol–water partition coefficient (Wildman–Crippen LogP) is 2.65. The molecule has 0 fully saturated rings. The molecule has 1 heterocycles. The molecule has 1 aromatic rings. The number of fused-ring (bicyclic) bond motifs is 3. The predicted molar refractivity (Wildman–Crippen MR) is 103 cm³/mol. The highest BCUT2D eigenvalue weighted by molar-refractivity contribution is 5.75. The Kier molecular flexibility index (Phi) is 6.17. The largest absolute Gasteiger partial charge is 0.493 e. The first-order valence-corrected chi connectivity index (χ1v) is 9.55. The molecule has 0 radical (unpaired) electrons. The molecule has 0 saturated carbocycles. The minimum absolute atomic E-state index is 0.150. The summed E-state index contributed by atoms with van der Waals surface area (Å²) in [6, 6.07) is 2.99. The first-order chi connectivity index (χ1) is 13.9. The Morgan fingerprint density at radius 3 is 2.59 bits per heavy atom. The van der Waals surface area contributed by atoms with E-state index in [1.807, 2.05) is 12.1 Å². The van der Waals surface area contributed by atoms with Crippen molar-refractivity contribution in [2.75, 3.05) is 20.3 Å². The van der Waals surface area contributed by atoms with Gasteiger partial charge in [0.1, 0.15) is 6.10 Å². The summed E-state index contributed by atoms with van der Waals surface area (Å²) in [5.41, 5.74) is 3.91. The summed E-state index contributed by atoms with van der Waals surface area (Å²) in [6.45, 7) is 5.33. The van der Waals surface area contributed by atoms with Crippen LogP contribution in [0.3, 0.4) is 0 Å². The second-order valence-electron chi connectivity index (χ2n) is 6.70. The number of methoxy groups -OCH3 is 1. The SMILES string of the molecule is CCOC(=O)NN(C(=O)OCC)[C@@H]1C=C[C@H]2Oc3c(OC)cc(C(C)O)cc3[C@@H]12. The van der Waals surface area contributed by atoms with E-state index in [0.717, 1.165) is 10.6 Å². The molecule has 2 aliphatic rings. The zero-order valence-electron chi connectivity index (χ0n) is 16.9. The molecule has 0 saturated heterocycles. The van der Waals surface area contributed by atoms with E-state index in [2.05, 4.69) is 5.43 Å². The fraction of sp³-hybridized carbons (Fsp3) is 0.500. The number of ether oxygens (including phenoxy) is 4. The van der Waals surface area contributed by atoms with Crippen LogP contribution < -0.4 is 14.9 Å². The van der Waals surface area contributed by atoms with Crippen LogP contribution in [0.15, 0.2) is 24.3 Å². The van der Waals surface area contributed by atoms with Crippen molar-refractivity contribution in [2.45, 2.75) is 44.9 Å². The molecule has 1 aliphatic heterocycles. The van der Waals surface area contributed by atoms with Gasteiger partial charge in [-0.05, 0) is 44.5 Å². The van der Waals surface area contributed by atoms with Gasteiger partial charge in [0, 0.05) is 5.56 Å². The summed E-state index contributed by atoms with van der Waals surface area (Å²) >= 11 is 0. The van der Waals surface area contributed by atoms with Crippen molar-refractivity contribution in [3.8, 4) is 11.5 Å². The molecule has 9 nitrogen and oxygen atoms in total. The molecule has 0 spiro atoms. The number of carbonyl (C=O) groups is 2. The lowest BCUT2D eigenvalue weighted by molar-refractivity contribution is 0.0568. The number of carbonyl (C=O) groups excluding carboxylic acids is 2. The topological polar surface area (TPSA) is 107 Å². The standard InChI is InChI=1S/C20H26N2O7/c1-5-27-19(24)21-22(20(25)28-6-2)14-7-8-15-17(14)13-9-12(11(3)23)10-16(26-4)18(13)29-15/h7-11,14-15,17,23H,5-6H2,1-4H3,(H,21,24)/t11?,14-,15-,17+/m1/s1. The van der Waals surface area contributed by atoms with Gasteiger partial charge in [-0.1, -0.05) is 6.08 Å². The van der Waals surface area contributed by atoms with E-state index >= 15 is 0 Å². The van der Waals surface area contributed by atoms with E-state index < -0.39 is 24.3 Å². The van der Waals surface area contributed by atoms with Gasteiger partial charge in [-0.25, -0.2) is 20.0 Å². The zero-order chi connectivity index (χ0) is 21.1. The van der Waals surface area contributed by atoms with Crippen molar-refractivity contribution >= 4 is 12.2 Å². The number of hydrogen-bond donors (Lipinski definition) is 2. The van der Waals surface area contributed by atoms with Crippen molar-refractivity contribution in [3.05, 3.63) is 35.4 Å². The van der Waals surface area contributed by atoms with Gasteiger partial charge in [0.15, 0.2) is 11.5 Å². The molecule has 2 N–H and O–H groups in total. The summed E-state index contributed by atoms with van der Waals surface area (Å²) in [7, 11) is 1.53. The number of aliphatic hydroxyl groups is 1. The molecule has 1 aromatic carbocycles. The maximum atomic E-state index is 12.6. The minimum atomic E-state index is -0.758. The minimum Gasteiger partial charge on any atom is -0.493 e. The lowest BCUT2D eigenvalue weighted by atomic mass is 9.90. The number of hydrazine groups is 1. The lowest BCUT2D eigenvalue weighted by Crippen LogP contribution is -2.53. The van der Waals surface area contributed by atoms with Gasteiger partial charge < -0.3 is 24.1 Å². The second kappa shape index (κ2) is 8.60. The summed E-state index contributed by atoms with van der Waals surface area (Å²) in [5, 5.41) is 11.2. The Morgan fingerprint density at radius 2 is 1.97 bits per heavy atom. The van der Waals surface area contributed by atoms with Crippen molar-refractivity contribution in [1.29, 1.82) is 0 Å². The highest BCUT2D eigenvalue weighted by Crippen LogP contribution is 2.50. The van der Waals surface area contributed by atoms with Crippen LogP contribution in [0.1, 0.15) is 43.9 Å². The third kappa shape index (κ3) is 3.95. The van der Waals surface area contributed by atoms with Gasteiger partial charge >= 0.3 is 12.2 Å². The number of aliphatic hydroxyl groups excluding tert-OH is 1. The number of benzene rings is 1. The van der Waals surface area contributed by atoms with E-state index in [0.29, 0.717) is 17.1 Å². The first kappa shape index (κ1) is 20.8. The summed E-state index contributed by atoms with van der Waals surface area (Å²) in [6.07, 6.45) is 1.09. The molecule has 1 unspecified atom stereocenters. The molecule has 9 heteroatoms. The van der Waals surface area contributed by atoms with Crippen LogP contribution in [-0.2, 0) is 9.47 Å². The third-order valence-corrected chi connectivity index (χ3v) is 4.89. The first-order valence-electron chi connectivity index (χ1n) is 9.55. The Bertz CT molecular complexity index is 808. The molecular weight excluding hydrogens is 380 g/mol. The van der Waals surface area contributed by atoms with Gasteiger partial charge in [-0.3, -0.25) is 0 Å². The van der Waals surface area contributed by atoms with Crippen LogP contribution in [0.4, 0.5) is 9.59 Å². The summed E-state index contributed by atoms with van der Waals surface area (Å²) in [5.74, 6) is 0.742. The molecule has 158 valence electrons. The molecule has 29 heavy (non-hydrogen) atoms. The second-order valence-corrected chi connectivity index (χ2v) is 6.70. The molecule has 0 bridgehead atoms. The quantitative estimate of drug-likeness (QED) is 0.572. The van der Waals surface area contributed by atoms with Crippen molar-refractivity contribution in [1.82, 2.24) is 10.4 Å². The highest BCUT2D eigenvalue weighted by atomic mass is 16.6. The average molecular weight is 406 g/mol. The molecule has 1 aliphatic carbocycles. The van der Waals surface area contributed by atoms with E-state index in [4.69, 9.17) is 18.9 Å². The van der Waals surface area contributed by atoms with Crippen LogP contribution in [0.5, 0.6) is 11.5 Å². The monoisotopic (exact) mass is 406 g/mol. The Balaban J connectivity index is 1.98. The van der Waals surface area contributed by atoms with Gasteiger partial charge in [-0.15, -0.1) is 0 Å². The maximum absolute atomic E-state index is 12.6. The van der Waals surface area contributed by atoms with Crippen LogP contribution in [0, 0.1) is 0 Å². The van der Waals surface area contributed by atoms with E-state index in [1.54, 1.807) is 32.9 Å². The number of nitrogens with zero attached hydrogens (tertiary/aromatic N) is 1. The molecule has 3 rings (SSSR count). The Hall–Kier alpha value is -2.94. The number of rotatable bonds is 5. The molecule has 2 amide bonds. The fourth-order valence-corrected chi connectivity index (χ4v) is 3.62. The molecule has 0 aromatic heterocycles. The Labute approximate surface area is 169 Å². The van der Waals surface area contributed by atoms with Gasteiger partial charge in [0.05, 0.1) is 38.4 Å². The summed E-state index contributed by atoms with van der Waals surface area (Å²) < 4.78 is 21.5. The van der Waals surface area contributed by atoms with Crippen LogP contribution in [0.2, 0.25) is 0 Å². The summed E-state index contributed by atoms with van der Waals surface area (Å²) in [4.78, 5) is 24.6. The molecular formula is C20H26N2O7. The third-order valence-electron chi connectivity index (χ3n) is 4.89. The number of hydrogen-bond acceptors (Lipinski definition) is 7. The van der Waals surface area contributed by atoms with E-state index in [-0.39, 0.29) is 25.2 Å². The van der Waals surface area contributed by atoms with Crippen molar-refractivity contribution in [2.24, 2.45) is 0 Å². The van der Waals surface area contributed by atoms with Gasteiger partial charge in [0.25, 0.3) is 0 Å². The number of amides is 2. The van der Waals surface area contributed by atoms with E-state index in [1.165, 1.54) is 7.11 Å². The smallest absolute Gasteiger partial charge is 0.429 e. The van der Waals surface area contributed by atoms with Crippen LogP contribution >= 0.6 is 0 Å². The maximum Gasteiger partial charge on any atom is 0.429 e. The average Bonchev–Trinajstić information content (AvgIpc) is 3.25. The van der Waals surface area contributed by atoms with Crippen LogP contribution in [0.25, 0.3) is 0 Å². The van der Waals surface area contributed by atoms with Crippen LogP contribution in [-0.4, -0.2) is 54.8 Å². The Morgan fingerprint density at radius 1 is 1.24 bits per heavy atom. The van der Waals surface area contributed by atoms with Crippen molar-refractivity contribution in [3.63, 3.8) is 0 Å². The fourth-order valence-electron chi connectivity index (χ4n) is 3.62. The normalized spacial score (nSPS) is 22.2. The zero-order valence-corrected chi connectivity index (χ0v) is 16.9. The van der Waals surface area contributed by atoms with E-state index in [9.17, 15) is 14.7 Å². The van der Waals surface area contributed by atoms with Gasteiger partial charge in [0.2, 0.25) is 0 Å². The number of nitrogens with one attached hydrogen (secondary N) is 1. The van der Waals surface area contributed by atoms with Crippen molar-refractivity contribution < 1.29 is 33.6 Å². The lowest BCUT2D eigenvalue weighted by Gasteiger charge is -2.30. The molecule has 4 atom stereocenters. The van der Waals surface area contributed by atoms with Gasteiger partial charge in [-0.2, -0.15) is 0 Å².